The highest BCUT2D eigenvalue weighted by atomic mass is 32.2. The van der Waals surface area contributed by atoms with Gasteiger partial charge in [0, 0.05) is 13.1 Å². The summed E-state index contributed by atoms with van der Waals surface area (Å²) < 4.78 is 37.4. The third-order valence-electron chi connectivity index (χ3n) is 4.78. The number of carbonyl (C=O) groups excluding carboxylic acids is 2. The van der Waals surface area contributed by atoms with Gasteiger partial charge in [-0.05, 0) is 42.7 Å². The first kappa shape index (κ1) is 21.0. The van der Waals surface area contributed by atoms with Crippen LogP contribution in [-0.4, -0.2) is 44.9 Å². The summed E-state index contributed by atoms with van der Waals surface area (Å²) in [6, 6.07) is 12.5. The van der Waals surface area contributed by atoms with Crippen molar-refractivity contribution in [1.29, 1.82) is 0 Å². The zero-order chi connectivity index (χ0) is 20.9. The van der Waals surface area contributed by atoms with E-state index in [2.05, 4.69) is 4.74 Å². The van der Waals surface area contributed by atoms with Crippen molar-refractivity contribution in [3.8, 4) is 0 Å². The molecule has 2 aromatic rings. The van der Waals surface area contributed by atoms with Crippen LogP contribution in [0.25, 0.3) is 0 Å². The Morgan fingerprint density at radius 2 is 1.59 bits per heavy atom. The summed E-state index contributed by atoms with van der Waals surface area (Å²) in [6.45, 7) is 0.870. The minimum absolute atomic E-state index is 0.0178. The van der Waals surface area contributed by atoms with Crippen molar-refractivity contribution < 1.29 is 27.5 Å². The van der Waals surface area contributed by atoms with E-state index in [0.29, 0.717) is 24.2 Å². The van der Waals surface area contributed by atoms with Gasteiger partial charge in [-0.2, -0.15) is 4.31 Å². The molecule has 0 saturated carbocycles. The molecule has 1 fully saturated rings. The first-order valence-electron chi connectivity index (χ1n) is 9.37. The van der Waals surface area contributed by atoms with Crippen molar-refractivity contribution in [1.82, 2.24) is 4.31 Å². The number of hydrogen-bond donors (Lipinski definition) is 0. The molecule has 0 radical (unpaired) electrons. The highest BCUT2D eigenvalue weighted by molar-refractivity contribution is 7.89. The second kappa shape index (κ2) is 9.19. The average Bonchev–Trinajstić information content (AvgIpc) is 2.77. The molecule has 0 unspecified atom stereocenters. The number of hydrogen-bond acceptors (Lipinski definition) is 6. The number of esters is 2. The van der Waals surface area contributed by atoms with Crippen molar-refractivity contribution in [3.63, 3.8) is 0 Å². The standard InChI is InChI=1S/C21H23NO6S/c1-27-20(23)17-11-9-16(10-12-17)15-28-21(24)18-7-3-4-8-19(18)29(25,26)22-13-5-2-6-14-22/h3-4,7-12H,2,5-6,13-15H2,1H3. The van der Waals surface area contributed by atoms with Gasteiger partial charge >= 0.3 is 11.9 Å². The SMILES string of the molecule is COC(=O)c1ccc(COC(=O)c2ccccc2S(=O)(=O)N2CCCCC2)cc1. The number of sulfonamides is 1. The first-order chi connectivity index (χ1) is 13.9. The van der Waals surface area contributed by atoms with Crippen LogP contribution in [0.15, 0.2) is 53.4 Å². The second-order valence-electron chi connectivity index (χ2n) is 6.73. The van der Waals surface area contributed by atoms with Gasteiger partial charge in [-0.15, -0.1) is 0 Å². The van der Waals surface area contributed by atoms with Crippen LogP contribution in [0.1, 0.15) is 45.5 Å². The van der Waals surface area contributed by atoms with Crippen molar-refractivity contribution in [3.05, 3.63) is 65.2 Å². The van der Waals surface area contributed by atoms with Crippen LogP contribution in [0.5, 0.6) is 0 Å². The number of benzene rings is 2. The van der Waals surface area contributed by atoms with Crippen molar-refractivity contribution in [2.24, 2.45) is 0 Å². The zero-order valence-electron chi connectivity index (χ0n) is 16.2. The Morgan fingerprint density at radius 1 is 0.931 bits per heavy atom. The molecular weight excluding hydrogens is 394 g/mol. The highest BCUT2D eigenvalue weighted by Gasteiger charge is 2.30. The lowest BCUT2D eigenvalue weighted by atomic mass is 10.1. The maximum Gasteiger partial charge on any atom is 0.339 e. The minimum Gasteiger partial charge on any atom is -0.465 e. The predicted molar refractivity (Wildman–Crippen MR) is 106 cm³/mol. The van der Waals surface area contributed by atoms with E-state index in [9.17, 15) is 18.0 Å². The van der Waals surface area contributed by atoms with Crippen LogP contribution >= 0.6 is 0 Å². The summed E-state index contributed by atoms with van der Waals surface area (Å²) in [5, 5.41) is 0. The van der Waals surface area contributed by atoms with E-state index in [0.717, 1.165) is 19.3 Å². The van der Waals surface area contributed by atoms with Crippen LogP contribution in [0.3, 0.4) is 0 Å². The molecule has 0 aliphatic carbocycles. The van der Waals surface area contributed by atoms with Gasteiger partial charge < -0.3 is 9.47 Å². The molecule has 0 spiro atoms. The van der Waals surface area contributed by atoms with Crippen molar-refractivity contribution >= 4 is 22.0 Å². The summed E-state index contributed by atoms with van der Waals surface area (Å²) in [6.07, 6.45) is 2.63. The van der Waals surface area contributed by atoms with Crippen molar-refractivity contribution in [2.45, 2.75) is 30.8 Å². The smallest absolute Gasteiger partial charge is 0.339 e. The molecule has 154 valence electrons. The zero-order valence-corrected chi connectivity index (χ0v) is 17.0. The Hall–Kier alpha value is -2.71. The fraction of sp³-hybridized carbons (Fsp3) is 0.333. The fourth-order valence-electron chi connectivity index (χ4n) is 3.19. The van der Waals surface area contributed by atoms with Gasteiger partial charge in [-0.25, -0.2) is 18.0 Å². The number of nitrogens with zero attached hydrogens (tertiary/aromatic N) is 1. The number of carbonyl (C=O) groups is 2. The average molecular weight is 417 g/mol. The van der Waals surface area contributed by atoms with Gasteiger partial charge in [0.05, 0.1) is 23.1 Å². The van der Waals surface area contributed by atoms with E-state index in [4.69, 9.17) is 4.74 Å². The normalized spacial score (nSPS) is 14.9. The largest absolute Gasteiger partial charge is 0.465 e. The summed E-state index contributed by atoms with van der Waals surface area (Å²) >= 11 is 0. The van der Waals surface area contributed by atoms with E-state index in [1.54, 1.807) is 36.4 Å². The Kier molecular flexibility index (Phi) is 6.66. The molecule has 2 aromatic carbocycles. The number of rotatable bonds is 6. The molecule has 0 atom stereocenters. The molecule has 29 heavy (non-hydrogen) atoms. The van der Waals surface area contributed by atoms with Crippen LogP contribution in [-0.2, 0) is 26.1 Å². The third-order valence-corrected chi connectivity index (χ3v) is 6.74. The molecule has 0 amide bonds. The van der Waals surface area contributed by atoms with Crippen LogP contribution in [0.4, 0.5) is 0 Å². The van der Waals surface area contributed by atoms with Crippen LogP contribution in [0, 0.1) is 0 Å². The van der Waals surface area contributed by atoms with Gasteiger partial charge in [-0.3, -0.25) is 0 Å². The molecule has 3 rings (SSSR count). The molecule has 0 bridgehead atoms. The molecule has 1 saturated heterocycles. The lowest BCUT2D eigenvalue weighted by molar-refractivity contribution is 0.0466. The maximum absolute atomic E-state index is 13.0. The van der Waals surface area contributed by atoms with Crippen molar-refractivity contribution in [2.75, 3.05) is 20.2 Å². The third kappa shape index (κ3) is 4.83. The Bertz CT molecular complexity index is 978. The second-order valence-corrected chi connectivity index (χ2v) is 8.63. The summed E-state index contributed by atoms with van der Waals surface area (Å²) in [5.74, 6) is -1.16. The fourth-order valence-corrected chi connectivity index (χ4v) is 4.88. The van der Waals surface area contributed by atoms with Gasteiger partial charge in [0.25, 0.3) is 0 Å². The van der Waals surface area contributed by atoms with E-state index < -0.39 is 22.0 Å². The lowest BCUT2D eigenvalue weighted by Gasteiger charge is -2.26. The monoisotopic (exact) mass is 417 g/mol. The summed E-state index contributed by atoms with van der Waals surface area (Å²) in [7, 11) is -2.46. The van der Waals surface area contributed by atoms with E-state index in [1.807, 2.05) is 0 Å². The van der Waals surface area contributed by atoms with Gasteiger partial charge in [0.1, 0.15) is 6.61 Å². The van der Waals surface area contributed by atoms with Crippen LogP contribution < -0.4 is 0 Å². The topological polar surface area (TPSA) is 90.0 Å². The number of ether oxygens (including phenoxy) is 2. The van der Waals surface area contributed by atoms with E-state index in [1.165, 1.54) is 23.5 Å². The Balaban J connectivity index is 1.74. The molecule has 0 aromatic heterocycles. The Morgan fingerprint density at radius 3 is 2.24 bits per heavy atom. The Labute approximate surface area is 170 Å². The predicted octanol–water partition coefficient (Wildman–Crippen LogP) is 3.00. The quantitative estimate of drug-likeness (QED) is 0.671. The minimum atomic E-state index is -3.76. The van der Waals surface area contributed by atoms with Gasteiger partial charge in [0.2, 0.25) is 10.0 Å². The molecule has 1 aliphatic rings. The van der Waals surface area contributed by atoms with E-state index >= 15 is 0 Å². The van der Waals surface area contributed by atoms with E-state index in [-0.39, 0.29) is 17.1 Å². The molecular formula is C21H23NO6S. The number of piperidine rings is 1. The maximum atomic E-state index is 13.0. The summed E-state index contributed by atoms with van der Waals surface area (Å²) in [4.78, 5) is 24.0. The number of methoxy groups -OCH3 is 1. The molecule has 0 N–H and O–H groups in total. The lowest BCUT2D eigenvalue weighted by Crippen LogP contribution is -2.36. The molecule has 1 heterocycles. The van der Waals surface area contributed by atoms with Crippen LogP contribution in [0.2, 0.25) is 0 Å². The van der Waals surface area contributed by atoms with Gasteiger partial charge in [0.15, 0.2) is 0 Å². The molecule has 8 heteroatoms. The van der Waals surface area contributed by atoms with Gasteiger partial charge in [-0.1, -0.05) is 30.7 Å². The highest BCUT2D eigenvalue weighted by Crippen LogP contribution is 2.24. The summed E-state index contributed by atoms with van der Waals surface area (Å²) in [5.41, 5.74) is 1.08. The molecule has 7 nitrogen and oxygen atoms in total. The molecule has 1 aliphatic heterocycles. The first-order valence-corrected chi connectivity index (χ1v) is 10.8.